The second-order valence-electron chi connectivity index (χ2n) is 6.18. The van der Waals surface area contributed by atoms with Crippen molar-refractivity contribution in [2.24, 2.45) is 4.99 Å². The van der Waals surface area contributed by atoms with Crippen LogP contribution in [0.2, 0.25) is 0 Å². The molecule has 0 radical (unpaired) electrons. The largest absolute Gasteiger partial charge is 0.374 e. The Morgan fingerprint density at radius 1 is 1.08 bits per heavy atom. The van der Waals surface area contributed by atoms with Crippen molar-refractivity contribution in [3.8, 4) is 0 Å². The fourth-order valence-corrected chi connectivity index (χ4v) is 3.27. The van der Waals surface area contributed by atoms with E-state index >= 15 is 0 Å². The van der Waals surface area contributed by atoms with E-state index in [2.05, 4.69) is 72.8 Å². The molecule has 1 heterocycles. The average molecular weight is 360 g/mol. The van der Waals surface area contributed by atoms with Crippen LogP contribution in [-0.4, -0.2) is 19.1 Å². The third-order valence-corrected chi connectivity index (χ3v) is 4.98. The zero-order valence-corrected chi connectivity index (χ0v) is 16.5. The first-order valence-corrected chi connectivity index (χ1v) is 9.64. The van der Waals surface area contributed by atoms with E-state index in [-0.39, 0.29) is 6.10 Å². The Labute approximate surface area is 155 Å². The molecule has 0 saturated heterocycles. The minimum absolute atomic E-state index is 0.246. The Kier molecular flexibility index (Phi) is 7.95. The van der Waals surface area contributed by atoms with Gasteiger partial charge in [-0.25, -0.2) is 0 Å². The smallest absolute Gasteiger partial charge is 0.191 e. The van der Waals surface area contributed by atoms with Gasteiger partial charge in [0.25, 0.3) is 0 Å². The van der Waals surface area contributed by atoms with E-state index in [0.717, 1.165) is 25.5 Å². The van der Waals surface area contributed by atoms with Crippen LogP contribution in [0, 0.1) is 0 Å². The van der Waals surface area contributed by atoms with E-state index < -0.39 is 0 Å². The van der Waals surface area contributed by atoms with Gasteiger partial charge in [0.05, 0.1) is 19.3 Å². The summed E-state index contributed by atoms with van der Waals surface area (Å²) in [6.45, 7) is 8.48. The first-order valence-electron chi connectivity index (χ1n) is 8.82. The lowest BCUT2D eigenvalue weighted by atomic mass is 10.1. The number of hydrogen-bond acceptors (Lipinski definition) is 3. The molecule has 2 N–H and O–H groups in total. The summed E-state index contributed by atoms with van der Waals surface area (Å²) in [6.07, 6.45) is 1.34. The normalized spacial score (nSPS) is 11.8. The second-order valence-corrected chi connectivity index (χ2v) is 7.43. The predicted octanol–water partition coefficient (Wildman–Crippen LogP) is 4.10. The summed E-state index contributed by atoms with van der Waals surface area (Å²) in [4.78, 5) is 7.04. The van der Waals surface area contributed by atoms with E-state index in [4.69, 9.17) is 4.74 Å². The number of nitrogens with one attached hydrogen (secondary N) is 2. The highest BCUT2D eigenvalue weighted by Gasteiger charge is 2.03. The van der Waals surface area contributed by atoms with Crippen LogP contribution in [0.1, 0.15) is 41.7 Å². The molecule has 0 bridgehead atoms. The van der Waals surface area contributed by atoms with Gasteiger partial charge in [0.15, 0.2) is 5.96 Å². The average Bonchev–Trinajstić information content (AvgIpc) is 3.08. The number of thiophene rings is 1. The van der Waals surface area contributed by atoms with Crippen molar-refractivity contribution >= 4 is 17.3 Å². The molecule has 2 rings (SSSR count). The minimum atomic E-state index is 0.246. The van der Waals surface area contributed by atoms with E-state index in [0.29, 0.717) is 6.61 Å². The number of benzene rings is 1. The number of aryl methyl sites for hydroxylation is 1. The van der Waals surface area contributed by atoms with Crippen molar-refractivity contribution in [3.05, 3.63) is 57.3 Å². The lowest BCUT2D eigenvalue weighted by molar-refractivity contribution is 0.0657. The molecule has 0 fully saturated rings. The number of ether oxygens (including phenoxy) is 1. The van der Waals surface area contributed by atoms with Crippen molar-refractivity contribution in [1.29, 1.82) is 0 Å². The van der Waals surface area contributed by atoms with Gasteiger partial charge in [-0.2, -0.15) is 0 Å². The Morgan fingerprint density at radius 3 is 2.48 bits per heavy atom. The first kappa shape index (κ1) is 19.5. The van der Waals surface area contributed by atoms with Gasteiger partial charge >= 0.3 is 0 Å². The summed E-state index contributed by atoms with van der Waals surface area (Å²) in [5.74, 6) is 0.815. The molecule has 25 heavy (non-hydrogen) atoms. The molecule has 0 spiro atoms. The summed E-state index contributed by atoms with van der Waals surface area (Å²) >= 11 is 1.85. The lowest BCUT2D eigenvalue weighted by Crippen LogP contribution is -2.36. The maximum absolute atomic E-state index is 5.67. The zero-order valence-electron chi connectivity index (χ0n) is 15.6. The van der Waals surface area contributed by atoms with Gasteiger partial charge in [0.2, 0.25) is 0 Å². The molecular formula is C20H29N3OS. The molecule has 0 amide bonds. The maximum Gasteiger partial charge on any atom is 0.191 e. The summed E-state index contributed by atoms with van der Waals surface area (Å²) in [5, 5.41) is 6.74. The molecule has 0 unspecified atom stereocenters. The fraction of sp³-hybridized carbons (Fsp3) is 0.450. The molecule has 0 aliphatic heterocycles. The zero-order chi connectivity index (χ0) is 18.1. The molecule has 2 aromatic rings. The maximum atomic E-state index is 5.67. The number of rotatable bonds is 8. The Morgan fingerprint density at radius 2 is 1.80 bits per heavy atom. The van der Waals surface area contributed by atoms with Gasteiger partial charge in [0, 0.05) is 23.3 Å². The van der Waals surface area contributed by atoms with Gasteiger partial charge in [-0.15, -0.1) is 11.3 Å². The van der Waals surface area contributed by atoms with E-state index in [9.17, 15) is 0 Å². The van der Waals surface area contributed by atoms with Gasteiger partial charge in [0.1, 0.15) is 0 Å². The van der Waals surface area contributed by atoms with Crippen molar-refractivity contribution in [1.82, 2.24) is 10.6 Å². The molecule has 1 aromatic heterocycles. The monoisotopic (exact) mass is 359 g/mol. The molecule has 0 saturated carbocycles. The number of aliphatic imine (C=N–C) groups is 1. The van der Waals surface area contributed by atoms with Crippen molar-refractivity contribution in [2.45, 2.75) is 53.0 Å². The van der Waals surface area contributed by atoms with Crippen molar-refractivity contribution < 1.29 is 4.74 Å². The van der Waals surface area contributed by atoms with Gasteiger partial charge in [-0.1, -0.05) is 31.2 Å². The number of hydrogen-bond donors (Lipinski definition) is 2. The fourth-order valence-electron chi connectivity index (χ4n) is 2.38. The highest BCUT2D eigenvalue weighted by molar-refractivity contribution is 7.11. The van der Waals surface area contributed by atoms with E-state index in [1.807, 2.05) is 11.3 Å². The summed E-state index contributed by atoms with van der Waals surface area (Å²) in [6, 6.07) is 12.8. The lowest BCUT2D eigenvalue weighted by Gasteiger charge is -2.12. The highest BCUT2D eigenvalue weighted by atomic mass is 32.1. The first-order chi connectivity index (χ1) is 12.1. The predicted molar refractivity (Wildman–Crippen MR) is 107 cm³/mol. The van der Waals surface area contributed by atoms with Crippen LogP contribution in [0.25, 0.3) is 0 Å². The van der Waals surface area contributed by atoms with Gasteiger partial charge in [-0.05, 0) is 43.5 Å². The molecule has 136 valence electrons. The third kappa shape index (κ3) is 6.88. The van der Waals surface area contributed by atoms with Crippen LogP contribution < -0.4 is 10.6 Å². The van der Waals surface area contributed by atoms with E-state index in [1.165, 1.54) is 20.9 Å². The van der Waals surface area contributed by atoms with Crippen LogP contribution in [0.3, 0.4) is 0 Å². The summed E-state index contributed by atoms with van der Waals surface area (Å²) < 4.78 is 5.67. The van der Waals surface area contributed by atoms with Crippen LogP contribution in [0.4, 0.5) is 0 Å². The topological polar surface area (TPSA) is 45.7 Å². The van der Waals surface area contributed by atoms with Crippen LogP contribution in [0.15, 0.2) is 41.4 Å². The molecule has 4 nitrogen and oxygen atoms in total. The Hall–Kier alpha value is -1.85. The second kappa shape index (κ2) is 10.2. The molecule has 0 atom stereocenters. The summed E-state index contributed by atoms with van der Waals surface area (Å²) in [7, 11) is 1.80. The van der Waals surface area contributed by atoms with Crippen LogP contribution in [-0.2, 0) is 30.9 Å². The molecule has 0 aliphatic carbocycles. The van der Waals surface area contributed by atoms with E-state index in [1.54, 1.807) is 7.05 Å². The molecule has 5 heteroatoms. The van der Waals surface area contributed by atoms with Crippen molar-refractivity contribution in [2.75, 3.05) is 7.05 Å². The molecule has 1 aromatic carbocycles. The third-order valence-electron chi connectivity index (χ3n) is 3.75. The molecular weight excluding hydrogens is 330 g/mol. The summed E-state index contributed by atoms with van der Waals surface area (Å²) in [5.41, 5.74) is 2.42. The Bertz CT molecular complexity index is 679. The minimum Gasteiger partial charge on any atom is -0.374 e. The standard InChI is InChI=1S/C20H29N3OS/c1-5-18-9-10-19(25-18)13-23-20(21-4)22-12-16-7-6-8-17(11-16)14-24-15(2)3/h6-11,15H,5,12-14H2,1-4H3,(H2,21,22,23). The highest BCUT2D eigenvalue weighted by Crippen LogP contribution is 2.16. The number of guanidine groups is 1. The van der Waals surface area contributed by atoms with Gasteiger partial charge in [-0.3, -0.25) is 4.99 Å². The van der Waals surface area contributed by atoms with Crippen LogP contribution in [0.5, 0.6) is 0 Å². The number of nitrogens with zero attached hydrogens (tertiary/aromatic N) is 1. The van der Waals surface area contributed by atoms with Gasteiger partial charge < -0.3 is 15.4 Å². The molecule has 0 aliphatic rings. The SMILES string of the molecule is CCc1ccc(CNC(=NC)NCc2cccc(COC(C)C)c2)s1. The Balaban J connectivity index is 1.82. The quantitative estimate of drug-likeness (QED) is 0.551. The van der Waals surface area contributed by atoms with Crippen molar-refractivity contribution in [3.63, 3.8) is 0 Å². The van der Waals surface area contributed by atoms with Crippen LogP contribution >= 0.6 is 11.3 Å².